The molecule has 39 heavy (non-hydrogen) atoms. The molecule has 0 aliphatic carbocycles. The minimum atomic E-state index is -0.652. The number of primary amides is 1. The van der Waals surface area contributed by atoms with Crippen LogP contribution in [0.25, 0.3) is 0 Å². The van der Waals surface area contributed by atoms with E-state index in [1.54, 1.807) is 53.6 Å². The smallest absolute Gasteiger partial charge is 0.410 e. The minimum absolute atomic E-state index is 0.0977. The molecular weight excluding hydrogens is 503 g/mol. The Balaban J connectivity index is 1.23. The fourth-order valence-corrected chi connectivity index (χ4v) is 4.91. The second-order valence-corrected chi connectivity index (χ2v) is 10.9. The summed E-state index contributed by atoms with van der Waals surface area (Å²) in [6, 6.07) is 14.2. The number of pyridine rings is 1. The van der Waals surface area contributed by atoms with Crippen LogP contribution < -0.4 is 20.1 Å². The number of halogens is 1. The summed E-state index contributed by atoms with van der Waals surface area (Å²) in [4.78, 5) is 33.1. The van der Waals surface area contributed by atoms with Gasteiger partial charge in [0.25, 0.3) is 5.91 Å². The van der Waals surface area contributed by atoms with E-state index in [4.69, 9.17) is 19.9 Å². The molecule has 5 rings (SSSR count). The average Bonchev–Trinajstić information content (AvgIpc) is 3.44. The van der Waals surface area contributed by atoms with E-state index in [1.165, 1.54) is 12.1 Å². The van der Waals surface area contributed by atoms with Crippen LogP contribution in [0.4, 0.5) is 14.9 Å². The molecule has 0 radical (unpaired) electrons. The molecule has 2 amide bonds. The van der Waals surface area contributed by atoms with Gasteiger partial charge in [0.05, 0.1) is 11.9 Å². The van der Waals surface area contributed by atoms with Crippen molar-refractivity contribution in [2.45, 2.75) is 26.4 Å². The predicted molar refractivity (Wildman–Crippen MR) is 143 cm³/mol. The van der Waals surface area contributed by atoms with Crippen molar-refractivity contribution in [2.75, 3.05) is 31.1 Å². The van der Waals surface area contributed by atoms with Crippen molar-refractivity contribution in [1.82, 2.24) is 9.88 Å². The molecule has 10 heteroatoms. The lowest BCUT2D eigenvalue weighted by atomic mass is 10.0. The second kappa shape index (κ2) is 10.4. The lowest BCUT2D eigenvalue weighted by molar-refractivity contribution is 0.0282. The molecule has 2 aliphatic heterocycles. The van der Waals surface area contributed by atoms with E-state index in [0.29, 0.717) is 42.2 Å². The zero-order valence-electron chi connectivity index (χ0n) is 22.1. The Bertz CT molecular complexity index is 1360. The van der Waals surface area contributed by atoms with Crippen molar-refractivity contribution in [2.24, 2.45) is 17.6 Å². The number of amides is 2. The van der Waals surface area contributed by atoms with E-state index in [0.717, 1.165) is 18.8 Å². The zero-order valence-corrected chi connectivity index (χ0v) is 22.1. The van der Waals surface area contributed by atoms with E-state index in [9.17, 15) is 14.0 Å². The third-order valence-corrected chi connectivity index (χ3v) is 6.68. The Morgan fingerprint density at radius 1 is 0.923 bits per heavy atom. The van der Waals surface area contributed by atoms with Crippen LogP contribution in [0.3, 0.4) is 0 Å². The van der Waals surface area contributed by atoms with Crippen LogP contribution >= 0.6 is 0 Å². The van der Waals surface area contributed by atoms with Crippen LogP contribution in [0.5, 0.6) is 23.1 Å². The summed E-state index contributed by atoms with van der Waals surface area (Å²) in [6.45, 7) is 8.31. The number of carbonyl (C=O) groups is 2. The van der Waals surface area contributed by atoms with E-state index >= 15 is 0 Å². The minimum Gasteiger partial charge on any atom is -0.457 e. The summed E-state index contributed by atoms with van der Waals surface area (Å²) < 4.78 is 30.4. The maximum atomic E-state index is 13.4. The summed E-state index contributed by atoms with van der Waals surface area (Å²) in [7, 11) is 0. The number of aromatic nitrogens is 1. The first-order valence-corrected chi connectivity index (χ1v) is 12.8. The summed E-state index contributed by atoms with van der Waals surface area (Å²) in [5.74, 6) is 0.971. The van der Waals surface area contributed by atoms with E-state index < -0.39 is 11.5 Å². The second-order valence-electron chi connectivity index (χ2n) is 10.9. The third-order valence-electron chi connectivity index (χ3n) is 6.68. The number of ether oxygens (including phenoxy) is 3. The van der Waals surface area contributed by atoms with Gasteiger partial charge in [-0.1, -0.05) is 6.07 Å². The number of hydrogen-bond acceptors (Lipinski definition) is 7. The topological polar surface area (TPSA) is 107 Å². The van der Waals surface area contributed by atoms with Crippen LogP contribution in [0, 0.1) is 17.7 Å². The highest BCUT2D eigenvalue weighted by molar-refractivity contribution is 5.96. The highest BCUT2D eigenvalue weighted by atomic mass is 19.1. The molecule has 3 aromatic rings. The number of hydrogen-bond donors (Lipinski definition) is 1. The Morgan fingerprint density at radius 3 is 2.15 bits per heavy atom. The normalized spacial score (nSPS) is 18.6. The van der Waals surface area contributed by atoms with E-state index in [-0.39, 0.29) is 23.4 Å². The number of nitrogens with zero attached hydrogens (tertiary/aromatic N) is 3. The molecule has 2 fully saturated rings. The van der Waals surface area contributed by atoms with Gasteiger partial charge < -0.3 is 29.7 Å². The molecule has 0 saturated carbocycles. The van der Waals surface area contributed by atoms with Crippen molar-refractivity contribution in [3.8, 4) is 23.1 Å². The molecule has 204 valence electrons. The SMILES string of the molecule is CC(C)(C)OC(=O)N1CC2CN(c3cnc(Oc4ccc(Oc5cccc(F)c5)cc4)c(C(N)=O)c3)CC2C1. The van der Waals surface area contributed by atoms with Crippen molar-refractivity contribution in [1.29, 1.82) is 0 Å². The van der Waals surface area contributed by atoms with Gasteiger partial charge in [0.1, 0.15) is 34.2 Å². The van der Waals surface area contributed by atoms with E-state index in [2.05, 4.69) is 9.88 Å². The van der Waals surface area contributed by atoms with Crippen molar-refractivity contribution < 1.29 is 28.2 Å². The summed E-state index contributed by atoms with van der Waals surface area (Å²) in [5.41, 5.74) is 6.08. The van der Waals surface area contributed by atoms with Gasteiger partial charge in [0, 0.05) is 44.1 Å². The maximum absolute atomic E-state index is 13.4. The standard InChI is InChI=1S/C29H31FN4O5/c1-29(2,3)39-28(36)34-16-18-14-33(15-19(18)17-34)21-12-25(26(31)35)27(32-13-21)38-23-9-7-22(8-10-23)37-24-6-4-5-20(30)11-24/h4-13,18-19H,14-17H2,1-3H3,(H2,31,35). The molecule has 2 aliphatic rings. The van der Waals surface area contributed by atoms with Crippen molar-refractivity contribution in [3.05, 3.63) is 72.2 Å². The van der Waals surface area contributed by atoms with Crippen LogP contribution in [0.1, 0.15) is 31.1 Å². The molecule has 9 nitrogen and oxygen atoms in total. The highest BCUT2D eigenvalue weighted by Crippen LogP contribution is 2.36. The Labute approximate surface area is 226 Å². The molecule has 2 atom stereocenters. The number of fused-ring (bicyclic) bond motifs is 1. The van der Waals surface area contributed by atoms with Crippen LogP contribution in [-0.2, 0) is 4.74 Å². The largest absolute Gasteiger partial charge is 0.457 e. The highest BCUT2D eigenvalue weighted by Gasteiger charge is 2.43. The predicted octanol–water partition coefficient (Wildman–Crippen LogP) is 5.21. The van der Waals surface area contributed by atoms with Gasteiger partial charge in [-0.15, -0.1) is 0 Å². The van der Waals surface area contributed by atoms with E-state index in [1.807, 2.05) is 20.8 Å². The number of rotatable bonds is 6. The van der Waals surface area contributed by atoms with Gasteiger partial charge in [-0.05, 0) is 63.2 Å². The molecular formula is C29H31FN4O5. The first kappa shape index (κ1) is 26.3. The molecule has 2 unspecified atom stereocenters. The van der Waals surface area contributed by atoms with Crippen LogP contribution in [0.15, 0.2) is 60.8 Å². The number of carbonyl (C=O) groups excluding carboxylic acids is 2. The van der Waals surface area contributed by atoms with Gasteiger partial charge in [-0.3, -0.25) is 4.79 Å². The van der Waals surface area contributed by atoms with Gasteiger partial charge in [0.15, 0.2) is 0 Å². The number of nitrogens with two attached hydrogens (primary N) is 1. The molecule has 0 spiro atoms. The number of anilines is 1. The van der Waals surface area contributed by atoms with Gasteiger partial charge >= 0.3 is 6.09 Å². The fraction of sp³-hybridized carbons (Fsp3) is 0.345. The fourth-order valence-electron chi connectivity index (χ4n) is 4.91. The quantitative estimate of drug-likeness (QED) is 0.463. The maximum Gasteiger partial charge on any atom is 0.410 e. The Hall–Kier alpha value is -4.34. The lowest BCUT2D eigenvalue weighted by Crippen LogP contribution is -2.37. The van der Waals surface area contributed by atoms with Crippen LogP contribution in [0.2, 0.25) is 0 Å². The molecule has 2 N–H and O–H groups in total. The van der Waals surface area contributed by atoms with Gasteiger partial charge in [-0.2, -0.15) is 0 Å². The number of likely N-dealkylation sites (tertiary alicyclic amines) is 1. The summed E-state index contributed by atoms with van der Waals surface area (Å²) in [6.07, 6.45) is 1.38. The summed E-state index contributed by atoms with van der Waals surface area (Å²) >= 11 is 0. The first-order chi connectivity index (χ1) is 18.5. The lowest BCUT2D eigenvalue weighted by Gasteiger charge is -2.26. The monoisotopic (exact) mass is 534 g/mol. The molecule has 0 bridgehead atoms. The zero-order chi connectivity index (χ0) is 27.7. The molecule has 2 aromatic carbocycles. The van der Waals surface area contributed by atoms with Gasteiger partial charge in [0.2, 0.25) is 5.88 Å². The van der Waals surface area contributed by atoms with Crippen molar-refractivity contribution in [3.63, 3.8) is 0 Å². The Kier molecular flexibility index (Phi) is 7.03. The molecule has 1 aromatic heterocycles. The molecule has 2 saturated heterocycles. The average molecular weight is 535 g/mol. The number of benzene rings is 2. The first-order valence-electron chi connectivity index (χ1n) is 12.8. The summed E-state index contributed by atoms with van der Waals surface area (Å²) in [5, 5.41) is 0. The Morgan fingerprint density at radius 2 is 1.56 bits per heavy atom. The molecule has 3 heterocycles. The van der Waals surface area contributed by atoms with Gasteiger partial charge in [-0.25, -0.2) is 14.2 Å². The van der Waals surface area contributed by atoms with Crippen LogP contribution in [-0.4, -0.2) is 53.7 Å². The van der Waals surface area contributed by atoms with Crippen molar-refractivity contribution >= 4 is 17.7 Å². The third kappa shape index (κ3) is 6.22.